The summed E-state index contributed by atoms with van der Waals surface area (Å²) in [6.45, 7) is 4.35. The van der Waals surface area contributed by atoms with Crippen molar-refractivity contribution in [2.75, 3.05) is 0 Å². The molecular formula is C10H15NO2. The van der Waals surface area contributed by atoms with Crippen molar-refractivity contribution in [3.8, 4) is 0 Å². The third-order valence-corrected chi connectivity index (χ3v) is 3.82. The molecule has 2 saturated heterocycles. The van der Waals surface area contributed by atoms with Crippen LogP contribution < -0.4 is 5.32 Å². The summed E-state index contributed by atoms with van der Waals surface area (Å²) >= 11 is 0. The molecular weight excluding hydrogens is 166 g/mol. The van der Waals surface area contributed by atoms with Gasteiger partial charge in [0.2, 0.25) is 5.91 Å². The number of carbonyl (C=O) groups excluding carboxylic acids is 1. The Bertz CT molecular complexity index is 264. The first kappa shape index (κ1) is 7.80. The van der Waals surface area contributed by atoms with Crippen LogP contribution in [0.3, 0.4) is 0 Å². The van der Waals surface area contributed by atoms with Gasteiger partial charge in [0.15, 0.2) is 0 Å². The van der Waals surface area contributed by atoms with E-state index in [1.807, 2.05) is 0 Å². The lowest BCUT2D eigenvalue weighted by Gasteiger charge is -2.49. The molecule has 3 rings (SSSR count). The molecule has 0 bridgehead atoms. The Morgan fingerprint density at radius 2 is 2.08 bits per heavy atom. The van der Waals surface area contributed by atoms with E-state index in [0.717, 1.165) is 12.8 Å². The molecule has 1 aliphatic carbocycles. The second kappa shape index (κ2) is 2.08. The Hall–Kier alpha value is -0.570. The molecule has 13 heavy (non-hydrogen) atoms. The number of nitrogens with one attached hydrogen (secondary N) is 1. The second-order valence-electron chi connectivity index (χ2n) is 4.97. The molecule has 0 aromatic rings. The molecule has 1 N–H and O–H groups in total. The van der Waals surface area contributed by atoms with Crippen LogP contribution in [0.2, 0.25) is 0 Å². The van der Waals surface area contributed by atoms with Crippen LogP contribution in [-0.2, 0) is 9.53 Å². The van der Waals surface area contributed by atoms with Gasteiger partial charge in [-0.05, 0) is 18.8 Å². The van der Waals surface area contributed by atoms with Gasteiger partial charge < -0.3 is 10.1 Å². The number of carbonyl (C=O) groups is 1. The number of hydrogen-bond acceptors (Lipinski definition) is 2. The Kier molecular flexibility index (Phi) is 1.25. The maximum Gasteiger partial charge on any atom is 0.228 e. The zero-order chi connectivity index (χ0) is 9.22. The first-order valence-electron chi connectivity index (χ1n) is 5.10. The molecule has 72 valence electrons. The van der Waals surface area contributed by atoms with Crippen LogP contribution in [-0.4, -0.2) is 24.2 Å². The molecule has 3 atom stereocenters. The average molecular weight is 181 g/mol. The standard InChI is InChI=1S/C10H15NO2/c1-5(2)8-10(9(12)11-8)3-6-7(4-10)13-6/h5-8H,3-4H2,1-2H3,(H,11,12)/t6-,7-,8-/m0/s1. The molecule has 1 spiro atoms. The Morgan fingerprint density at radius 3 is 2.54 bits per heavy atom. The van der Waals surface area contributed by atoms with Crippen molar-refractivity contribution in [3.05, 3.63) is 0 Å². The molecule has 3 heteroatoms. The van der Waals surface area contributed by atoms with Crippen molar-refractivity contribution in [1.82, 2.24) is 5.32 Å². The van der Waals surface area contributed by atoms with Crippen LogP contribution in [0.15, 0.2) is 0 Å². The number of rotatable bonds is 1. The lowest BCUT2D eigenvalue weighted by Crippen LogP contribution is -2.68. The van der Waals surface area contributed by atoms with Crippen LogP contribution in [0.4, 0.5) is 0 Å². The summed E-state index contributed by atoms with van der Waals surface area (Å²) in [6, 6.07) is 0.399. The van der Waals surface area contributed by atoms with Gasteiger partial charge >= 0.3 is 0 Å². The average Bonchev–Trinajstić information content (AvgIpc) is 2.69. The monoisotopic (exact) mass is 181 g/mol. The summed E-state index contributed by atoms with van der Waals surface area (Å²) < 4.78 is 5.38. The topological polar surface area (TPSA) is 41.6 Å². The summed E-state index contributed by atoms with van der Waals surface area (Å²) in [5, 5.41) is 3.02. The number of β-lactam (4-membered cyclic amide) rings is 1. The molecule has 3 nitrogen and oxygen atoms in total. The Balaban J connectivity index is 1.84. The van der Waals surface area contributed by atoms with Gasteiger partial charge in [0.1, 0.15) is 0 Å². The molecule has 0 aromatic heterocycles. The maximum atomic E-state index is 11.6. The quantitative estimate of drug-likeness (QED) is 0.477. The molecule has 2 aliphatic heterocycles. The van der Waals surface area contributed by atoms with Crippen molar-refractivity contribution >= 4 is 5.91 Å². The minimum absolute atomic E-state index is 0.0399. The van der Waals surface area contributed by atoms with Crippen molar-refractivity contribution in [2.24, 2.45) is 11.3 Å². The second-order valence-corrected chi connectivity index (χ2v) is 4.97. The summed E-state index contributed by atoms with van der Waals surface area (Å²) in [5.41, 5.74) is -0.0399. The predicted molar refractivity (Wildman–Crippen MR) is 47.1 cm³/mol. The third kappa shape index (κ3) is 0.810. The molecule has 1 saturated carbocycles. The highest BCUT2D eigenvalue weighted by Crippen LogP contribution is 2.56. The zero-order valence-electron chi connectivity index (χ0n) is 8.04. The molecule has 0 radical (unpaired) electrons. The minimum Gasteiger partial charge on any atom is -0.370 e. The van der Waals surface area contributed by atoms with E-state index in [1.165, 1.54) is 0 Å². The van der Waals surface area contributed by atoms with Crippen molar-refractivity contribution < 1.29 is 9.53 Å². The third-order valence-electron chi connectivity index (χ3n) is 3.82. The number of fused-ring (bicyclic) bond motifs is 1. The minimum atomic E-state index is -0.0399. The molecule has 0 unspecified atom stereocenters. The van der Waals surface area contributed by atoms with E-state index < -0.39 is 0 Å². The normalized spacial score (nSPS) is 44.5. The van der Waals surface area contributed by atoms with E-state index in [4.69, 9.17) is 4.74 Å². The van der Waals surface area contributed by atoms with Crippen molar-refractivity contribution in [2.45, 2.75) is 44.9 Å². The Labute approximate surface area is 77.8 Å². The smallest absolute Gasteiger partial charge is 0.228 e. The van der Waals surface area contributed by atoms with Crippen LogP contribution in [0.1, 0.15) is 26.7 Å². The van der Waals surface area contributed by atoms with Gasteiger partial charge in [0.25, 0.3) is 0 Å². The van der Waals surface area contributed by atoms with Gasteiger partial charge in [-0.3, -0.25) is 4.79 Å². The number of amides is 1. The largest absolute Gasteiger partial charge is 0.370 e. The van der Waals surface area contributed by atoms with E-state index in [2.05, 4.69) is 19.2 Å². The van der Waals surface area contributed by atoms with Gasteiger partial charge in [-0.25, -0.2) is 0 Å². The first-order valence-corrected chi connectivity index (χ1v) is 5.10. The van der Waals surface area contributed by atoms with Gasteiger partial charge in [0, 0.05) is 6.04 Å². The van der Waals surface area contributed by atoms with E-state index in [0.29, 0.717) is 24.2 Å². The fourth-order valence-electron chi connectivity index (χ4n) is 3.07. The van der Waals surface area contributed by atoms with Gasteiger partial charge in [-0.15, -0.1) is 0 Å². The number of ether oxygens (including phenoxy) is 1. The van der Waals surface area contributed by atoms with Crippen LogP contribution in [0.25, 0.3) is 0 Å². The van der Waals surface area contributed by atoms with Gasteiger partial charge in [-0.2, -0.15) is 0 Å². The summed E-state index contributed by atoms with van der Waals surface area (Å²) in [5.74, 6) is 0.817. The highest BCUT2D eigenvalue weighted by Gasteiger charge is 2.67. The van der Waals surface area contributed by atoms with E-state index >= 15 is 0 Å². The highest BCUT2D eigenvalue weighted by molar-refractivity contribution is 5.91. The maximum absolute atomic E-state index is 11.6. The van der Waals surface area contributed by atoms with E-state index in [9.17, 15) is 4.79 Å². The molecule has 1 amide bonds. The van der Waals surface area contributed by atoms with Gasteiger partial charge in [-0.1, -0.05) is 13.8 Å². The predicted octanol–water partition coefficient (Wildman–Crippen LogP) is 0.688. The molecule has 0 aromatic carbocycles. The SMILES string of the molecule is CC(C)[C@@H]1NC(=O)C12C[C@@H]1O[C@H]1C2. The number of epoxide rings is 1. The van der Waals surface area contributed by atoms with Crippen LogP contribution >= 0.6 is 0 Å². The molecule has 2 heterocycles. The van der Waals surface area contributed by atoms with Crippen LogP contribution in [0.5, 0.6) is 0 Å². The fraction of sp³-hybridized carbons (Fsp3) is 0.900. The fourth-order valence-corrected chi connectivity index (χ4v) is 3.07. The van der Waals surface area contributed by atoms with E-state index in [1.54, 1.807) is 0 Å². The van der Waals surface area contributed by atoms with Gasteiger partial charge in [0.05, 0.1) is 17.6 Å². The zero-order valence-corrected chi connectivity index (χ0v) is 8.04. The molecule has 3 fully saturated rings. The Morgan fingerprint density at radius 1 is 1.46 bits per heavy atom. The summed E-state index contributed by atoms with van der Waals surface area (Å²) in [4.78, 5) is 11.6. The van der Waals surface area contributed by atoms with Crippen LogP contribution in [0, 0.1) is 11.3 Å². The summed E-state index contributed by atoms with van der Waals surface area (Å²) in [7, 11) is 0. The van der Waals surface area contributed by atoms with Crippen molar-refractivity contribution in [3.63, 3.8) is 0 Å². The first-order chi connectivity index (χ1) is 6.13. The highest BCUT2D eigenvalue weighted by atomic mass is 16.6. The lowest BCUT2D eigenvalue weighted by atomic mass is 9.66. The van der Waals surface area contributed by atoms with E-state index in [-0.39, 0.29) is 11.3 Å². The van der Waals surface area contributed by atoms with Crippen molar-refractivity contribution in [1.29, 1.82) is 0 Å². The lowest BCUT2D eigenvalue weighted by molar-refractivity contribution is -0.150. The molecule has 3 aliphatic rings. The number of hydrogen-bond donors (Lipinski definition) is 1. The summed E-state index contributed by atoms with van der Waals surface area (Å²) in [6.07, 6.45) is 2.75.